The summed E-state index contributed by atoms with van der Waals surface area (Å²) in [6.07, 6.45) is 6.32. The molecule has 0 spiro atoms. The zero-order chi connectivity index (χ0) is 21.7. The minimum Gasteiger partial charge on any atom is -0.384 e. The average molecular weight is 413 g/mol. The number of carbonyl (C=O) groups excluding carboxylic acids is 3. The molecule has 4 N–H and O–H groups in total. The number of hydrogen-bond donors (Lipinski definition) is 3. The third-order valence-electron chi connectivity index (χ3n) is 6.38. The van der Waals surface area contributed by atoms with Gasteiger partial charge in [0.15, 0.2) is 0 Å². The zero-order valence-corrected chi connectivity index (χ0v) is 17.7. The number of carbonyl (C=O) groups is 3. The lowest BCUT2D eigenvalue weighted by molar-refractivity contribution is -0.153. The van der Waals surface area contributed by atoms with Gasteiger partial charge in [0.1, 0.15) is 17.7 Å². The van der Waals surface area contributed by atoms with Crippen LogP contribution >= 0.6 is 0 Å². The molecule has 1 saturated carbocycles. The summed E-state index contributed by atoms with van der Waals surface area (Å²) < 4.78 is 0. The summed E-state index contributed by atoms with van der Waals surface area (Å²) in [6.45, 7) is 2.47. The quantitative estimate of drug-likeness (QED) is 0.449. The molecule has 1 aromatic carbocycles. The standard InChI is InChI=1S/C23H32N4O3/c1-15(28)13-19(17-5-3-2-4-6-17)23(30)27-12-11-20(27)22(29)26-14-16-7-9-18(10-8-16)21(24)25/h7-10,17,19-20H,2-6,11-14H2,1H3,(H3,24,25)(H,26,29)/t19-,20+/m1/s1. The monoisotopic (exact) mass is 412 g/mol. The molecule has 0 radical (unpaired) electrons. The summed E-state index contributed by atoms with van der Waals surface area (Å²) in [5.41, 5.74) is 7.00. The minimum atomic E-state index is -0.452. The molecule has 2 amide bonds. The Hall–Kier alpha value is -2.70. The van der Waals surface area contributed by atoms with Crippen LogP contribution in [-0.2, 0) is 20.9 Å². The number of nitrogens with two attached hydrogens (primary N) is 1. The molecule has 1 saturated heterocycles. The van der Waals surface area contributed by atoms with Crippen molar-refractivity contribution in [3.8, 4) is 0 Å². The maximum absolute atomic E-state index is 13.2. The van der Waals surface area contributed by atoms with E-state index in [1.807, 2.05) is 12.1 Å². The van der Waals surface area contributed by atoms with E-state index in [9.17, 15) is 14.4 Å². The molecule has 2 aliphatic rings. The molecule has 0 aromatic heterocycles. The van der Waals surface area contributed by atoms with Crippen molar-refractivity contribution in [1.29, 1.82) is 5.41 Å². The molecule has 7 heteroatoms. The molecule has 1 aromatic rings. The molecule has 1 heterocycles. The molecule has 3 rings (SSSR count). The number of likely N-dealkylation sites (tertiary alicyclic amines) is 1. The fraction of sp³-hybridized carbons (Fsp3) is 0.565. The lowest BCUT2D eigenvalue weighted by atomic mass is 9.76. The number of ketones is 1. The lowest BCUT2D eigenvalue weighted by Gasteiger charge is -2.43. The van der Waals surface area contributed by atoms with Gasteiger partial charge in [-0.1, -0.05) is 43.5 Å². The van der Waals surface area contributed by atoms with Crippen molar-refractivity contribution < 1.29 is 14.4 Å². The van der Waals surface area contributed by atoms with Gasteiger partial charge in [-0.3, -0.25) is 15.0 Å². The van der Waals surface area contributed by atoms with Gasteiger partial charge in [0.25, 0.3) is 0 Å². The lowest BCUT2D eigenvalue weighted by Crippen LogP contribution is -2.60. The Morgan fingerprint density at radius 2 is 1.80 bits per heavy atom. The molecule has 7 nitrogen and oxygen atoms in total. The second kappa shape index (κ2) is 9.87. The van der Waals surface area contributed by atoms with Crippen LogP contribution in [-0.4, -0.2) is 40.9 Å². The van der Waals surface area contributed by atoms with Crippen molar-refractivity contribution in [3.63, 3.8) is 0 Å². The molecule has 162 valence electrons. The maximum atomic E-state index is 13.2. The van der Waals surface area contributed by atoms with E-state index in [2.05, 4.69) is 5.32 Å². The minimum absolute atomic E-state index is 0.00675. The van der Waals surface area contributed by atoms with Crippen LogP contribution in [0.4, 0.5) is 0 Å². The SMILES string of the molecule is CC(=O)C[C@@H](C(=O)N1CC[C@H]1C(=O)NCc1ccc(C(=N)N)cc1)C1CCCCC1. The molecular weight excluding hydrogens is 380 g/mol. The molecule has 0 unspecified atom stereocenters. The van der Waals surface area contributed by atoms with E-state index in [0.717, 1.165) is 31.2 Å². The van der Waals surface area contributed by atoms with E-state index in [0.29, 0.717) is 25.1 Å². The third-order valence-corrected chi connectivity index (χ3v) is 6.38. The molecule has 30 heavy (non-hydrogen) atoms. The van der Waals surface area contributed by atoms with E-state index in [-0.39, 0.29) is 41.7 Å². The highest BCUT2D eigenvalue weighted by molar-refractivity contribution is 5.95. The molecule has 1 aliphatic carbocycles. The number of hydrogen-bond acceptors (Lipinski definition) is 4. The zero-order valence-electron chi connectivity index (χ0n) is 17.7. The van der Waals surface area contributed by atoms with Crippen molar-refractivity contribution >= 4 is 23.4 Å². The number of Topliss-reactive ketones (excluding diaryl/α,β-unsaturated/α-hetero) is 1. The van der Waals surface area contributed by atoms with Crippen LogP contribution in [0.15, 0.2) is 24.3 Å². The number of rotatable bonds is 8. The number of nitrogens with zero attached hydrogens (tertiary/aromatic N) is 1. The Balaban J connectivity index is 1.58. The second-order valence-corrected chi connectivity index (χ2v) is 8.58. The first-order valence-electron chi connectivity index (χ1n) is 10.9. The van der Waals surface area contributed by atoms with E-state index >= 15 is 0 Å². The van der Waals surface area contributed by atoms with E-state index < -0.39 is 6.04 Å². The highest BCUT2D eigenvalue weighted by atomic mass is 16.2. The van der Waals surface area contributed by atoms with Gasteiger partial charge in [0.2, 0.25) is 11.8 Å². The third kappa shape index (κ3) is 5.26. The van der Waals surface area contributed by atoms with Gasteiger partial charge in [0, 0.05) is 31.0 Å². The Labute approximate surface area is 177 Å². The molecule has 2 atom stereocenters. The van der Waals surface area contributed by atoms with Gasteiger partial charge in [-0.2, -0.15) is 0 Å². The van der Waals surface area contributed by atoms with Gasteiger partial charge in [-0.05, 0) is 37.7 Å². The highest BCUT2D eigenvalue weighted by Gasteiger charge is 2.42. The fourth-order valence-electron chi connectivity index (χ4n) is 4.55. The first-order chi connectivity index (χ1) is 14.4. The predicted octanol–water partition coefficient (Wildman–Crippen LogP) is 2.36. The van der Waals surface area contributed by atoms with Crippen LogP contribution < -0.4 is 11.1 Å². The van der Waals surface area contributed by atoms with Crippen molar-refractivity contribution in [2.75, 3.05) is 6.54 Å². The maximum Gasteiger partial charge on any atom is 0.243 e. The van der Waals surface area contributed by atoms with Crippen LogP contribution in [0.2, 0.25) is 0 Å². The van der Waals surface area contributed by atoms with Gasteiger partial charge in [-0.15, -0.1) is 0 Å². The van der Waals surface area contributed by atoms with E-state index in [1.54, 1.807) is 24.0 Å². The largest absolute Gasteiger partial charge is 0.384 e. The number of amides is 2. The normalized spacial score (nSPS) is 20.2. The van der Waals surface area contributed by atoms with Crippen LogP contribution in [0.1, 0.15) is 63.0 Å². The Morgan fingerprint density at radius 3 is 2.33 bits per heavy atom. The number of nitrogen functional groups attached to an aromatic ring is 1. The van der Waals surface area contributed by atoms with Gasteiger partial charge >= 0.3 is 0 Å². The average Bonchev–Trinajstić information content (AvgIpc) is 2.70. The van der Waals surface area contributed by atoms with Crippen LogP contribution in [0.25, 0.3) is 0 Å². The number of amidine groups is 1. The van der Waals surface area contributed by atoms with Crippen molar-refractivity contribution in [2.45, 2.75) is 64.5 Å². The number of benzene rings is 1. The molecule has 1 aliphatic heterocycles. The first-order valence-corrected chi connectivity index (χ1v) is 10.9. The van der Waals surface area contributed by atoms with Crippen LogP contribution in [0.3, 0.4) is 0 Å². The summed E-state index contributed by atoms with van der Waals surface area (Å²) in [5, 5.41) is 10.3. The van der Waals surface area contributed by atoms with Crippen molar-refractivity contribution in [3.05, 3.63) is 35.4 Å². The van der Waals surface area contributed by atoms with Crippen molar-refractivity contribution in [1.82, 2.24) is 10.2 Å². The van der Waals surface area contributed by atoms with E-state index in [1.165, 1.54) is 6.42 Å². The summed E-state index contributed by atoms with van der Waals surface area (Å²) in [6, 6.07) is 6.70. The van der Waals surface area contributed by atoms with E-state index in [4.69, 9.17) is 11.1 Å². The highest BCUT2D eigenvalue weighted by Crippen LogP contribution is 2.35. The Kier molecular flexibility index (Phi) is 7.24. The second-order valence-electron chi connectivity index (χ2n) is 8.58. The topological polar surface area (TPSA) is 116 Å². The predicted molar refractivity (Wildman–Crippen MR) is 115 cm³/mol. The summed E-state index contributed by atoms with van der Waals surface area (Å²) in [7, 11) is 0. The fourth-order valence-corrected chi connectivity index (χ4v) is 4.55. The van der Waals surface area contributed by atoms with Crippen LogP contribution in [0.5, 0.6) is 0 Å². The molecular formula is C23H32N4O3. The smallest absolute Gasteiger partial charge is 0.243 e. The number of nitrogens with one attached hydrogen (secondary N) is 2. The first kappa shape index (κ1) is 22.0. The van der Waals surface area contributed by atoms with Crippen LogP contribution in [0, 0.1) is 17.2 Å². The van der Waals surface area contributed by atoms with Gasteiger partial charge in [0.05, 0.1) is 0 Å². The Bertz CT molecular complexity index is 799. The summed E-state index contributed by atoms with van der Waals surface area (Å²) >= 11 is 0. The van der Waals surface area contributed by atoms with Crippen molar-refractivity contribution in [2.24, 2.45) is 17.6 Å². The summed E-state index contributed by atoms with van der Waals surface area (Å²) in [4.78, 5) is 39.4. The Morgan fingerprint density at radius 1 is 1.13 bits per heavy atom. The molecule has 2 fully saturated rings. The van der Waals surface area contributed by atoms with Gasteiger partial charge in [-0.25, -0.2) is 0 Å². The molecule has 0 bridgehead atoms. The van der Waals surface area contributed by atoms with Gasteiger partial charge < -0.3 is 20.7 Å². The summed E-state index contributed by atoms with van der Waals surface area (Å²) in [5.74, 6) is -0.191.